The molecule has 12 heteroatoms. The van der Waals surface area contributed by atoms with Gasteiger partial charge in [-0.05, 0) is 6.42 Å². The molecule has 0 aliphatic carbocycles. The number of carbonyl (C=O) groups excluding carboxylic acids is 1. The molecule has 0 radical (unpaired) electrons. The van der Waals surface area contributed by atoms with E-state index in [-0.39, 0.29) is 25.8 Å². The van der Waals surface area contributed by atoms with E-state index in [1.54, 1.807) is 0 Å². The SMILES string of the molecule is CCCCCCC(=O)OCCOCCOCCOCCOCCOCCOCCOCCOCC(=O)O. The molecular formula is C25H48O12. The molecule has 0 fully saturated rings. The van der Waals surface area contributed by atoms with Crippen molar-refractivity contribution in [3.8, 4) is 0 Å². The first-order valence-corrected chi connectivity index (χ1v) is 13.2. The van der Waals surface area contributed by atoms with Gasteiger partial charge < -0.3 is 47.7 Å². The molecule has 0 aliphatic rings. The van der Waals surface area contributed by atoms with Crippen LogP contribution >= 0.6 is 0 Å². The van der Waals surface area contributed by atoms with Crippen molar-refractivity contribution in [2.75, 3.05) is 112 Å². The lowest BCUT2D eigenvalue weighted by atomic mass is 10.2. The largest absolute Gasteiger partial charge is 0.480 e. The highest BCUT2D eigenvalue weighted by atomic mass is 16.6. The third-order valence-electron chi connectivity index (χ3n) is 4.55. The van der Waals surface area contributed by atoms with Gasteiger partial charge >= 0.3 is 11.9 Å². The predicted octanol–water partition coefficient (Wildman–Crippen LogP) is 1.72. The van der Waals surface area contributed by atoms with Crippen LogP contribution in [0.15, 0.2) is 0 Å². The van der Waals surface area contributed by atoms with Crippen molar-refractivity contribution in [2.24, 2.45) is 0 Å². The van der Waals surface area contributed by atoms with E-state index < -0.39 is 5.97 Å². The van der Waals surface area contributed by atoms with Gasteiger partial charge in [0.1, 0.15) is 13.2 Å². The summed E-state index contributed by atoms with van der Waals surface area (Å²) in [4.78, 5) is 21.7. The molecule has 0 heterocycles. The Kier molecular flexibility index (Phi) is 29.7. The zero-order chi connectivity index (χ0) is 27.1. The van der Waals surface area contributed by atoms with Crippen LogP contribution in [0.4, 0.5) is 0 Å². The molecule has 0 unspecified atom stereocenters. The van der Waals surface area contributed by atoms with E-state index in [0.717, 1.165) is 25.7 Å². The zero-order valence-electron chi connectivity index (χ0n) is 22.5. The number of carboxylic acids is 1. The fraction of sp³-hybridized carbons (Fsp3) is 0.920. The van der Waals surface area contributed by atoms with E-state index in [4.69, 9.17) is 47.7 Å². The average Bonchev–Trinajstić information content (AvgIpc) is 2.88. The Hall–Kier alpha value is -1.38. The van der Waals surface area contributed by atoms with Gasteiger partial charge in [0.25, 0.3) is 0 Å². The van der Waals surface area contributed by atoms with Crippen LogP contribution in [0.25, 0.3) is 0 Å². The number of esters is 1. The van der Waals surface area contributed by atoms with Gasteiger partial charge in [0.15, 0.2) is 0 Å². The number of ether oxygens (including phenoxy) is 9. The highest BCUT2D eigenvalue weighted by molar-refractivity contribution is 5.69. The molecule has 37 heavy (non-hydrogen) atoms. The van der Waals surface area contributed by atoms with E-state index in [1.807, 2.05) is 0 Å². The Bertz CT molecular complexity index is 492. The van der Waals surface area contributed by atoms with Gasteiger partial charge in [-0.25, -0.2) is 4.79 Å². The minimum Gasteiger partial charge on any atom is -0.480 e. The third kappa shape index (κ3) is 32.6. The van der Waals surface area contributed by atoms with Crippen molar-refractivity contribution >= 4 is 11.9 Å². The highest BCUT2D eigenvalue weighted by Crippen LogP contribution is 2.03. The summed E-state index contributed by atoms with van der Waals surface area (Å²) in [6.07, 6.45) is 4.74. The maximum Gasteiger partial charge on any atom is 0.329 e. The zero-order valence-corrected chi connectivity index (χ0v) is 22.5. The molecule has 0 rings (SSSR count). The summed E-state index contributed by atoms with van der Waals surface area (Å²) in [6.45, 7) is 8.59. The van der Waals surface area contributed by atoms with Crippen molar-refractivity contribution < 1.29 is 57.3 Å². The Morgan fingerprint density at radius 3 is 1.19 bits per heavy atom. The average molecular weight is 541 g/mol. The summed E-state index contributed by atoms with van der Waals surface area (Å²) in [7, 11) is 0. The van der Waals surface area contributed by atoms with Crippen molar-refractivity contribution in [3.63, 3.8) is 0 Å². The summed E-state index contributed by atoms with van der Waals surface area (Å²) in [5.41, 5.74) is 0. The van der Waals surface area contributed by atoms with Crippen molar-refractivity contribution in [3.05, 3.63) is 0 Å². The number of unbranched alkanes of at least 4 members (excludes halogenated alkanes) is 3. The molecule has 1 N–H and O–H groups in total. The van der Waals surface area contributed by atoms with E-state index in [2.05, 4.69) is 6.92 Å². The van der Waals surface area contributed by atoms with Gasteiger partial charge in [-0.1, -0.05) is 26.2 Å². The van der Waals surface area contributed by atoms with Gasteiger partial charge in [-0.2, -0.15) is 0 Å². The van der Waals surface area contributed by atoms with E-state index in [9.17, 15) is 9.59 Å². The first-order chi connectivity index (χ1) is 18.2. The van der Waals surface area contributed by atoms with Crippen LogP contribution in [0.2, 0.25) is 0 Å². The van der Waals surface area contributed by atoms with Gasteiger partial charge in [0.05, 0.1) is 99.1 Å². The highest BCUT2D eigenvalue weighted by Gasteiger charge is 2.02. The number of carboxylic acid groups (broad SMARTS) is 1. The molecule has 0 saturated carbocycles. The summed E-state index contributed by atoms with van der Waals surface area (Å²) >= 11 is 0. The lowest BCUT2D eigenvalue weighted by Crippen LogP contribution is -2.15. The molecular weight excluding hydrogens is 492 g/mol. The maximum absolute atomic E-state index is 11.5. The fourth-order valence-corrected chi connectivity index (χ4v) is 2.68. The van der Waals surface area contributed by atoms with Crippen LogP contribution in [0.1, 0.15) is 39.0 Å². The monoisotopic (exact) mass is 540 g/mol. The van der Waals surface area contributed by atoms with Gasteiger partial charge in [-0.3, -0.25) is 4.79 Å². The minimum atomic E-state index is -0.996. The molecule has 0 atom stereocenters. The lowest BCUT2D eigenvalue weighted by molar-refractivity contribution is -0.145. The first kappa shape index (κ1) is 35.6. The third-order valence-corrected chi connectivity index (χ3v) is 4.55. The van der Waals surface area contributed by atoms with Crippen LogP contribution in [0.5, 0.6) is 0 Å². The lowest BCUT2D eigenvalue weighted by Gasteiger charge is -2.09. The molecule has 0 aromatic carbocycles. The predicted molar refractivity (Wildman–Crippen MR) is 134 cm³/mol. The van der Waals surface area contributed by atoms with Gasteiger partial charge in [-0.15, -0.1) is 0 Å². The van der Waals surface area contributed by atoms with Crippen molar-refractivity contribution in [1.82, 2.24) is 0 Å². The minimum absolute atomic E-state index is 0.158. The first-order valence-electron chi connectivity index (χ1n) is 13.2. The molecule has 0 aromatic heterocycles. The summed E-state index contributed by atoms with van der Waals surface area (Å²) in [5, 5.41) is 8.40. The number of hydrogen-bond acceptors (Lipinski definition) is 11. The molecule has 0 saturated heterocycles. The number of carbonyl (C=O) groups is 2. The second-order valence-electron chi connectivity index (χ2n) is 7.76. The fourth-order valence-electron chi connectivity index (χ4n) is 2.68. The van der Waals surface area contributed by atoms with E-state index in [0.29, 0.717) is 98.9 Å². The number of rotatable bonds is 31. The number of aliphatic carboxylic acids is 1. The Balaban J connectivity index is 3.08. The molecule has 0 spiro atoms. The summed E-state index contributed by atoms with van der Waals surface area (Å²) < 4.78 is 47.5. The molecule has 0 bridgehead atoms. The molecule has 220 valence electrons. The van der Waals surface area contributed by atoms with Gasteiger partial charge in [0.2, 0.25) is 0 Å². The van der Waals surface area contributed by atoms with E-state index >= 15 is 0 Å². The topological polar surface area (TPSA) is 137 Å². The normalized spacial score (nSPS) is 11.2. The number of hydrogen-bond donors (Lipinski definition) is 1. The molecule has 0 amide bonds. The molecule has 0 aromatic rings. The summed E-state index contributed by atoms with van der Waals surface area (Å²) in [5.74, 6) is -1.15. The van der Waals surface area contributed by atoms with Crippen LogP contribution in [-0.4, -0.2) is 129 Å². The Morgan fingerprint density at radius 2 is 0.838 bits per heavy atom. The second-order valence-corrected chi connectivity index (χ2v) is 7.76. The van der Waals surface area contributed by atoms with Crippen LogP contribution < -0.4 is 0 Å². The van der Waals surface area contributed by atoms with Gasteiger partial charge in [0, 0.05) is 6.42 Å². The molecule has 0 aliphatic heterocycles. The standard InChI is InChI=1S/C25H48O12/c1-2-3-4-5-6-25(28)37-22-21-35-18-17-33-14-13-31-10-9-29-7-8-30-11-12-32-15-16-34-19-20-36-23-24(26)27/h2-23H2,1H3,(H,26,27). The maximum atomic E-state index is 11.5. The van der Waals surface area contributed by atoms with Crippen LogP contribution in [0.3, 0.4) is 0 Å². The van der Waals surface area contributed by atoms with Crippen molar-refractivity contribution in [1.29, 1.82) is 0 Å². The smallest absolute Gasteiger partial charge is 0.329 e. The molecule has 12 nitrogen and oxygen atoms in total. The van der Waals surface area contributed by atoms with Crippen LogP contribution in [-0.2, 0) is 52.2 Å². The Labute approximate surface area is 221 Å². The van der Waals surface area contributed by atoms with E-state index in [1.165, 1.54) is 0 Å². The summed E-state index contributed by atoms with van der Waals surface area (Å²) in [6, 6.07) is 0. The van der Waals surface area contributed by atoms with Crippen molar-refractivity contribution in [2.45, 2.75) is 39.0 Å². The second kappa shape index (κ2) is 30.8. The van der Waals surface area contributed by atoms with Crippen LogP contribution in [0, 0.1) is 0 Å². The quantitative estimate of drug-likeness (QED) is 0.101. The Morgan fingerprint density at radius 1 is 0.486 bits per heavy atom.